The summed E-state index contributed by atoms with van der Waals surface area (Å²) in [7, 11) is 0. The van der Waals surface area contributed by atoms with Crippen LogP contribution in [0.15, 0.2) is 0 Å². The maximum atomic E-state index is 8.31. The van der Waals surface area contributed by atoms with Gasteiger partial charge in [0.05, 0.1) is 25.2 Å². The molecule has 0 aliphatic heterocycles. The molecule has 2 heteroatoms. The van der Waals surface area contributed by atoms with Crippen LogP contribution in [0.25, 0.3) is 0 Å². The van der Waals surface area contributed by atoms with E-state index in [0.717, 1.165) is 5.92 Å². The fraction of sp³-hybridized carbons (Fsp3) is 0.900. The molecule has 2 atom stereocenters. The number of nitrogens with zero attached hydrogens (tertiary/aromatic N) is 1. The van der Waals surface area contributed by atoms with Crippen molar-refractivity contribution in [3.8, 4) is 6.07 Å². The molecule has 12 heavy (non-hydrogen) atoms. The second-order valence-corrected chi connectivity index (χ2v) is 3.49. The van der Waals surface area contributed by atoms with Crippen LogP contribution >= 0.6 is 0 Å². The first kappa shape index (κ1) is 9.54. The van der Waals surface area contributed by atoms with E-state index in [1.54, 1.807) is 0 Å². The van der Waals surface area contributed by atoms with Gasteiger partial charge in [-0.25, -0.2) is 0 Å². The SMILES string of the molecule is CCC1CCC(OCCC#N)C1. The molecule has 2 nitrogen and oxygen atoms in total. The van der Waals surface area contributed by atoms with Gasteiger partial charge in [-0.3, -0.25) is 0 Å². The molecule has 0 radical (unpaired) electrons. The van der Waals surface area contributed by atoms with Crippen molar-refractivity contribution in [1.29, 1.82) is 5.26 Å². The molecular weight excluding hydrogens is 150 g/mol. The molecule has 2 unspecified atom stereocenters. The highest BCUT2D eigenvalue weighted by Crippen LogP contribution is 2.29. The predicted octanol–water partition coefficient (Wildman–Crippen LogP) is 2.50. The molecule has 1 rings (SSSR count). The summed E-state index contributed by atoms with van der Waals surface area (Å²) in [5.74, 6) is 0.872. The molecule has 0 N–H and O–H groups in total. The summed E-state index contributed by atoms with van der Waals surface area (Å²) >= 11 is 0. The predicted molar refractivity (Wildman–Crippen MR) is 47.6 cm³/mol. The Labute approximate surface area is 74.5 Å². The molecule has 0 heterocycles. The molecule has 0 aromatic carbocycles. The van der Waals surface area contributed by atoms with E-state index in [1.165, 1.54) is 25.7 Å². The fourth-order valence-electron chi connectivity index (χ4n) is 1.82. The van der Waals surface area contributed by atoms with Gasteiger partial charge in [-0.1, -0.05) is 13.3 Å². The van der Waals surface area contributed by atoms with Gasteiger partial charge in [0, 0.05) is 0 Å². The Kier molecular flexibility index (Phi) is 4.10. The number of hydrogen-bond acceptors (Lipinski definition) is 2. The third-order valence-corrected chi connectivity index (χ3v) is 2.64. The van der Waals surface area contributed by atoms with Crippen molar-refractivity contribution < 1.29 is 4.74 Å². The first-order valence-corrected chi connectivity index (χ1v) is 4.85. The highest BCUT2D eigenvalue weighted by atomic mass is 16.5. The summed E-state index contributed by atoms with van der Waals surface area (Å²) < 4.78 is 5.55. The van der Waals surface area contributed by atoms with E-state index in [9.17, 15) is 0 Å². The lowest BCUT2D eigenvalue weighted by Crippen LogP contribution is -2.09. The van der Waals surface area contributed by atoms with Gasteiger partial charge in [-0.15, -0.1) is 0 Å². The van der Waals surface area contributed by atoms with E-state index in [0.29, 0.717) is 19.1 Å². The van der Waals surface area contributed by atoms with Crippen LogP contribution in [0.4, 0.5) is 0 Å². The van der Waals surface area contributed by atoms with Crippen LogP contribution in [0.1, 0.15) is 39.0 Å². The van der Waals surface area contributed by atoms with Gasteiger partial charge in [0.1, 0.15) is 0 Å². The van der Waals surface area contributed by atoms with Crippen LogP contribution in [0.5, 0.6) is 0 Å². The average molecular weight is 167 g/mol. The molecule has 1 aliphatic carbocycles. The second-order valence-electron chi connectivity index (χ2n) is 3.49. The normalized spacial score (nSPS) is 28.7. The van der Waals surface area contributed by atoms with Crippen molar-refractivity contribution >= 4 is 0 Å². The summed E-state index contributed by atoms with van der Waals surface area (Å²) in [4.78, 5) is 0. The van der Waals surface area contributed by atoms with Crippen LogP contribution in [-0.2, 0) is 4.74 Å². The summed E-state index contributed by atoms with van der Waals surface area (Å²) in [6, 6.07) is 2.09. The maximum absolute atomic E-state index is 8.31. The fourth-order valence-corrected chi connectivity index (χ4v) is 1.82. The quantitative estimate of drug-likeness (QED) is 0.603. The number of rotatable bonds is 4. The topological polar surface area (TPSA) is 33.0 Å². The smallest absolute Gasteiger partial charge is 0.0645 e. The van der Waals surface area contributed by atoms with Crippen LogP contribution in [0, 0.1) is 17.2 Å². The molecule has 1 saturated carbocycles. The second kappa shape index (κ2) is 5.16. The van der Waals surface area contributed by atoms with Crippen molar-refractivity contribution in [1.82, 2.24) is 0 Å². The standard InChI is InChI=1S/C10H17NO/c1-2-9-4-5-10(8-9)12-7-3-6-11/h9-10H,2-5,7-8H2,1H3. The van der Waals surface area contributed by atoms with E-state index in [4.69, 9.17) is 10.00 Å². The van der Waals surface area contributed by atoms with E-state index >= 15 is 0 Å². The van der Waals surface area contributed by atoms with E-state index in [1.807, 2.05) is 0 Å². The number of nitriles is 1. The maximum Gasteiger partial charge on any atom is 0.0645 e. The first-order chi connectivity index (χ1) is 5.86. The first-order valence-electron chi connectivity index (χ1n) is 4.85. The Bertz CT molecular complexity index is 162. The molecule has 0 amide bonds. The molecule has 0 aromatic heterocycles. The molecule has 1 fully saturated rings. The van der Waals surface area contributed by atoms with Crippen molar-refractivity contribution in [2.24, 2.45) is 5.92 Å². The Hall–Kier alpha value is -0.550. The van der Waals surface area contributed by atoms with E-state index in [-0.39, 0.29) is 0 Å². The van der Waals surface area contributed by atoms with Crippen molar-refractivity contribution in [2.75, 3.05) is 6.61 Å². The zero-order valence-electron chi connectivity index (χ0n) is 7.75. The molecule has 68 valence electrons. The zero-order chi connectivity index (χ0) is 8.81. The molecule has 0 saturated heterocycles. The van der Waals surface area contributed by atoms with E-state index < -0.39 is 0 Å². The summed E-state index contributed by atoms with van der Waals surface area (Å²) in [6.07, 6.45) is 5.98. The van der Waals surface area contributed by atoms with E-state index in [2.05, 4.69) is 13.0 Å². The van der Waals surface area contributed by atoms with Crippen molar-refractivity contribution in [3.63, 3.8) is 0 Å². The van der Waals surface area contributed by atoms with Gasteiger partial charge in [-0.2, -0.15) is 5.26 Å². The lowest BCUT2D eigenvalue weighted by molar-refractivity contribution is 0.0594. The van der Waals surface area contributed by atoms with Gasteiger partial charge in [-0.05, 0) is 25.2 Å². The minimum atomic E-state index is 0.447. The Morgan fingerprint density at radius 2 is 2.33 bits per heavy atom. The van der Waals surface area contributed by atoms with Crippen molar-refractivity contribution in [2.45, 2.75) is 45.1 Å². The minimum Gasteiger partial charge on any atom is -0.377 e. The van der Waals surface area contributed by atoms with Gasteiger partial charge in [0.15, 0.2) is 0 Å². The Morgan fingerprint density at radius 3 is 2.92 bits per heavy atom. The summed E-state index contributed by atoms with van der Waals surface area (Å²) in [5, 5.41) is 8.31. The average Bonchev–Trinajstić information content (AvgIpc) is 2.53. The third kappa shape index (κ3) is 2.83. The van der Waals surface area contributed by atoms with Crippen LogP contribution in [0.2, 0.25) is 0 Å². The highest BCUT2D eigenvalue weighted by Gasteiger charge is 2.23. The minimum absolute atomic E-state index is 0.447. The van der Waals surface area contributed by atoms with Gasteiger partial charge < -0.3 is 4.74 Å². The Morgan fingerprint density at radius 1 is 1.50 bits per heavy atom. The van der Waals surface area contributed by atoms with Gasteiger partial charge in [0.25, 0.3) is 0 Å². The molecule has 0 spiro atoms. The molecular formula is C10H17NO. The van der Waals surface area contributed by atoms with Crippen molar-refractivity contribution in [3.05, 3.63) is 0 Å². The summed E-state index contributed by atoms with van der Waals surface area (Å²) in [5.41, 5.74) is 0. The van der Waals surface area contributed by atoms with Crippen LogP contribution in [-0.4, -0.2) is 12.7 Å². The number of ether oxygens (including phenoxy) is 1. The molecule has 0 aromatic rings. The van der Waals surface area contributed by atoms with Gasteiger partial charge >= 0.3 is 0 Å². The largest absolute Gasteiger partial charge is 0.377 e. The Balaban J connectivity index is 2.07. The lowest BCUT2D eigenvalue weighted by atomic mass is 10.1. The van der Waals surface area contributed by atoms with Crippen LogP contribution < -0.4 is 0 Å². The number of hydrogen-bond donors (Lipinski definition) is 0. The highest BCUT2D eigenvalue weighted by molar-refractivity contribution is 4.76. The van der Waals surface area contributed by atoms with Gasteiger partial charge in [0.2, 0.25) is 0 Å². The monoisotopic (exact) mass is 167 g/mol. The third-order valence-electron chi connectivity index (χ3n) is 2.64. The molecule has 0 bridgehead atoms. The lowest BCUT2D eigenvalue weighted by Gasteiger charge is -2.09. The van der Waals surface area contributed by atoms with Crippen LogP contribution in [0.3, 0.4) is 0 Å². The molecule has 1 aliphatic rings. The summed E-state index contributed by atoms with van der Waals surface area (Å²) in [6.45, 7) is 2.86. The zero-order valence-corrected chi connectivity index (χ0v) is 7.75.